The summed E-state index contributed by atoms with van der Waals surface area (Å²) in [7, 11) is 1.85. The van der Waals surface area contributed by atoms with Crippen LogP contribution in [0.1, 0.15) is 37.1 Å². The number of alkyl halides is 3. The summed E-state index contributed by atoms with van der Waals surface area (Å²) in [6, 6.07) is 5.76. The van der Waals surface area contributed by atoms with Crippen molar-refractivity contribution >= 4 is 5.69 Å². The summed E-state index contributed by atoms with van der Waals surface area (Å²) in [6.45, 7) is 4.04. The lowest BCUT2D eigenvalue weighted by atomic mass is 10.0. The van der Waals surface area contributed by atoms with E-state index in [-0.39, 0.29) is 5.70 Å². The second-order valence-corrected chi connectivity index (χ2v) is 9.05. The van der Waals surface area contributed by atoms with Gasteiger partial charge >= 0.3 is 6.18 Å². The van der Waals surface area contributed by atoms with E-state index in [4.69, 9.17) is 0 Å². The fraction of sp³-hybridized carbons (Fsp3) is 0.259. The van der Waals surface area contributed by atoms with E-state index in [1.54, 1.807) is 29.8 Å². The summed E-state index contributed by atoms with van der Waals surface area (Å²) >= 11 is 0. The molecular weight excluding hydrogens is 479 g/mol. The van der Waals surface area contributed by atoms with Crippen molar-refractivity contribution in [3.8, 4) is 11.1 Å². The van der Waals surface area contributed by atoms with Crippen molar-refractivity contribution in [1.29, 1.82) is 0 Å². The predicted molar refractivity (Wildman–Crippen MR) is 135 cm³/mol. The Hall–Kier alpha value is -4.21. The van der Waals surface area contributed by atoms with Crippen molar-refractivity contribution in [2.45, 2.75) is 38.3 Å². The van der Waals surface area contributed by atoms with Crippen molar-refractivity contribution in [1.82, 2.24) is 29.6 Å². The van der Waals surface area contributed by atoms with Crippen molar-refractivity contribution in [3.05, 3.63) is 103 Å². The van der Waals surface area contributed by atoms with Gasteiger partial charge in [-0.3, -0.25) is 0 Å². The first-order chi connectivity index (χ1) is 17.8. The SMILES string of the molecule is C1CCC1.C=C1N2C=CC=C(C(F)(F)F)C2=CN1c1cc(Cc2nncn2C)cc(-c2cncnc2)c1. The predicted octanol–water partition coefficient (Wildman–Crippen LogP) is 5.87. The minimum Gasteiger partial charge on any atom is -0.320 e. The van der Waals surface area contributed by atoms with Crippen LogP contribution in [0.15, 0.2) is 91.5 Å². The Morgan fingerprint density at radius 2 is 1.70 bits per heavy atom. The third-order valence-electron chi connectivity index (χ3n) is 6.46. The number of rotatable bonds is 4. The van der Waals surface area contributed by atoms with Gasteiger partial charge in [-0.1, -0.05) is 38.3 Å². The molecule has 3 aromatic rings. The van der Waals surface area contributed by atoms with E-state index in [0.29, 0.717) is 17.9 Å². The van der Waals surface area contributed by atoms with E-state index in [0.717, 1.165) is 28.6 Å². The van der Waals surface area contributed by atoms with Crippen LogP contribution < -0.4 is 4.90 Å². The fourth-order valence-corrected chi connectivity index (χ4v) is 4.08. The van der Waals surface area contributed by atoms with Crippen LogP contribution in [-0.4, -0.2) is 35.8 Å². The third kappa shape index (κ3) is 5.18. The molecule has 0 N–H and O–H groups in total. The summed E-state index contributed by atoms with van der Waals surface area (Å²) in [6.07, 6.45) is 13.9. The molecule has 0 unspecified atom stereocenters. The Bertz CT molecular complexity index is 1380. The molecule has 2 aromatic heterocycles. The van der Waals surface area contributed by atoms with Gasteiger partial charge in [0.2, 0.25) is 0 Å². The van der Waals surface area contributed by atoms with Gasteiger partial charge in [-0.25, -0.2) is 9.97 Å². The first kappa shape index (κ1) is 24.5. The topological polar surface area (TPSA) is 63.0 Å². The van der Waals surface area contributed by atoms with Gasteiger partial charge in [0.05, 0.1) is 11.3 Å². The number of aromatic nitrogens is 5. The first-order valence-corrected chi connectivity index (χ1v) is 12.0. The number of fused-ring (bicyclic) bond motifs is 1. The number of benzene rings is 1. The number of anilines is 1. The van der Waals surface area contributed by atoms with E-state index in [2.05, 4.69) is 26.7 Å². The van der Waals surface area contributed by atoms with Gasteiger partial charge in [-0.15, -0.1) is 10.2 Å². The lowest BCUT2D eigenvalue weighted by Gasteiger charge is -2.26. The van der Waals surface area contributed by atoms with Crippen LogP contribution in [0, 0.1) is 0 Å². The van der Waals surface area contributed by atoms with Crippen LogP contribution in [0.4, 0.5) is 18.9 Å². The van der Waals surface area contributed by atoms with Crippen LogP contribution in [0.5, 0.6) is 0 Å². The maximum absolute atomic E-state index is 13.6. The zero-order valence-electron chi connectivity index (χ0n) is 20.4. The van der Waals surface area contributed by atoms with Gasteiger partial charge in [0.25, 0.3) is 0 Å². The van der Waals surface area contributed by atoms with E-state index in [1.165, 1.54) is 49.2 Å². The van der Waals surface area contributed by atoms with Crippen LogP contribution in [-0.2, 0) is 13.5 Å². The monoisotopic (exact) mass is 505 g/mol. The van der Waals surface area contributed by atoms with E-state index >= 15 is 0 Å². The molecule has 1 saturated carbocycles. The minimum absolute atomic E-state index is 0.0262. The molecule has 1 fully saturated rings. The van der Waals surface area contributed by atoms with Crippen molar-refractivity contribution in [2.24, 2.45) is 7.05 Å². The van der Waals surface area contributed by atoms with E-state index in [9.17, 15) is 13.2 Å². The van der Waals surface area contributed by atoms with Gasteiger partial charge in [-0.05, 0) is 35.4 Å². The molecule has 190 valence electrons. The molecule has 0 bridgehead atoms. The highest BCUT2D eigenvalue weighted by Gasteiger charge is 2.42. The lowest BCUT2D eigenvalue weighted by molar-refractivity contribution is -0.0908. The normalized spacial score (nSPS) is 16.5. The maximum Gasteiger partial charge on any atom is 0.418 e. The van der Waals surface area contributed by atoms with Gasteiger partial charge in [0.15, 0.2) is 0 Å². The van der Waals surface area contributed by atoms with Crippen molar-refractivity contribution in [2.75, 3.05) is 4.90 Å². The second-order valence-electron chi connectivity index (χ2n) is 9.05. The molecule has 0 radical (unpaired) electrons. The summed E-state index contributed by atoms with van der Waals surface area (Å²) in [5.41, 5.74) is 2.47. The van der Waals surface area contributed by atoms with Gasteiger partial charge < -0.3 is 14.4 Å². The van der Waals surface area contributed by atoms with E-state index < -0.39 is 11.7 Å². The summed E-state index contributed by atoms with van der Waals surface area (Å²) in [4.78, 5) is 11.3. The zero-order chi connectivity index (χ0) is 26.0. The van der Waals surface area contributed by atoms with E-state index in [1.807, 2.05) is 29.8 Å². The van der Waals surface area contributed by atoms with Crippen LogP contribution in [0.25, 0.3) is 11.1 Å². The second kappa shape index (κ2) is 10.0. The third-order valence-corrected chi connectivity index (χ3v) is 6.46. The first-order valence-electron chi connectivity index (χ1n) is 12.0. The standard InChI is InChI=1S/C23H18F3N7.C4H8/c1-15-32-5-3-4-20(23(24,25)26)21(32)12-33(15)19-7-16(8-22-30-29-14-31(22)2)6-17(9-19)18-10-27-13-28-11-18;1-2-4-3-1/h3-7,9-14H,1,8H2,2H3;1-4H2. The summed E-state index contributed by atoms with van der Waals surface area (Å²) in [5, 5.41) is 8.07. The number of hydrogen-bond acceptors (Lipinski definition) is 6. The lowest BCUT2D eigenvalue weighted by Crippen LogP contribution is -2.24. The quantitative estimate of drug-likeness (QED) is 0.442. The molecule has 7 nitrogen and oxygen atoms in total. The molecule has 6 rings (SSSR count). The Morgan fingerprint density at radius 3 is 2.32 bits per heavy atom. The highest BCUT2D eigenvalue weighted by atomic mass is 19.4. The van der Waals surface area contributed by atoms with Gasteiger partial charge in [0.1, 0.15) is 24.3 Å². The van der Waals surface area contributed by atoms with Crippen molar-refractivity contribution in [3.63, 3.8) is 0 Å². The van der Waals surface area contributed by atoms with Gasteiger partial charge in [-0.2, -0.15) is 13.2 Å². The zero-order valence-corrected chi connectivity index (χ0v) is 20.4. The van der Waals surface area contributed by atoms with Crippen LogP contribution >= 0.6 is 0 Å². The molecule has 3 aliphatic rings. The molecule has 4 heterocycles. The average molecular weight is 506 g/mol. The molecule has 37 heavy (non-hydrogen) atoms. The highest BCUT2D eigenvalue weighted by molar-refractivity contribution is 5.72. The van der Waals surface area contributed by atoms with Crippen LogP contribution in [0.2, 0.25) is 0 Å². The molecule has 0 saturated heterocycles. The molecule has 2 aliphatic heterocycles. The number of hydrogen-bond donors (Lipinski definition) is 0. The van der Waals surface area contributed by atoms with Crippen LogP contribution in [0.3, 0.4) is 0 Å². The number of allylic oxidation sites excluding steroid dienone is 3. The number of halogens is 3. The summed E-state index contributed by atoms with van der Waals surface area (Å²) < 4.78 is 42.6. The minimum atomic E-state index is -4.48. The molecule has 0 atom stereocenters. The highest BCUT2D eigenvalue weighted by Crippen LogP contribution is 2.42. The fourth-order valence-electron chi connectivity index (χ4n) is 4.08. The Morgan fingerprint density at radius 1 is 0.973 bits per heavy atom. The smallest absolute Gasteiger partial charge is 0.320 e. The largest absolute Gasteiger partial charge is 0.418 e. The Balaban J connectivity index is 0.000000640. The summed E-state index contributed by atoms with van der Waals surface area (Å²) in [5.74, 6) is 1.14. The maximum atomic E-state index is 13.6. The molecule has 1 aromatic carbocycles. The molecular formula is C27H26F3N7. The molecule has 0 spiro atoms. The number of aryl methyl sites for hydroxylation is 1. The number of nitrogens with zero attached hydrogens (tertiary/aromatic N) is 7. The Labute approximate surface area is 213 Å². The molecule has 1 aliphatic carbocycles. The molecule has 10 heteroatoms. The van der Waals surface area contributed by atoms with Gasteiger partial charge in [0, 0.05) is 49.5 Å². The van der Waals surface area contributed by atoms with Crippen molar-refractivity contribution < 1.29 is 13.2 Å². The average Bonchev–Trinajstić information content (AvgIpc) is 3.40. The Kier molecular flexibility index (Phi) is 6.64. The molecule has 0 amide bonds.